The van der Waals surface area contributed by atoms with Gasteiger partial charge in [0.1, 0.15) is 12.4 Å². The standard InChI is InChI=1S/C26H24N2O2/c1-19-11-12-20(2)28(19)24-10-6-9-22(17-24)26(29)27-23-13-15-25(16-14-23)30-18-21-7-4-3-5-8-21/h3-17H,18H2,1-2H3,(H,27,29). The summed E-state index contributed by atoms with van der Waals surface area (Å²) in [5.74, 6) is 0.620. The Hall–Kier alpha value is -3.79. The zero-order valence-electron chi connectivity index (χ0n) is 17.1. The number of hydrogen-bond donors (Lipinski definition) is 1. The summed E-state index contributed by atoms with van der Waals surface area (Å²) in [5.41, 5.74) is 5.71. The Morgan fingerprint density at radius 1 is 0.833 bits per heavy atom. The van der Waals surface area contributed by atoms with Crippen molar-refractivity contribution in [3.8, 4) is 11.4 Å². The number of hydrogen-bond acceptors (Lipinski definition) is 2. The summed E-state index contributed by atoms with van der Waals surface area (Å²) in [4.78, 5) is 12.7. The monoisotopic (exact) mass is 396 g/mol. The number of rotatable bonds is 6. The van der Waals surface area contributed by atoms with E-state index in [2.05, 4.69) is 35.9 Å². The van der Waals surface area contributed by atoms with Crippen molar-refractivity contribution in [3.05, 3.63) is 114 Å². The quantitative estimate of drug-likeness (QED) is 0.439. The molecule has 1 amide bonds. The smallest absolute Gasteiger partial charge is 0.255 e. The molecule has 0 aliphatic carbocycles. The van der Waals surface area contributed by atoms with Gasteiger partial charge in [-0.15, -0.1) is 0 Å². The van der Waals surface area contributed by atoms with Crippen LogP contribution in [-0.2, 0) is 6.61 Å². The van der Waals surface area contributed by atoms with Gasteiger partial charge in [0, 0.05) is 28.3 Å². The highest BCUT2D eigenvalue weighted by atomic mass is 16.5. The van der Waals surface area contributed by atoms with E-state index in [-0.39, 0.29) is 5.91 Å². The zero-order chi connectivity index (χ0) is 20.9. The van der Waals surface area contributed by atoms with Crippen LogP contribution in [0.15, 0.2) is 91.0 Å². The van der Waals surface area contributed by atoms with Gasteiger partial charge < -0.3 is 14.6 Å². The van der Waals surface area contributed by atoms with Crippen molar-refractivity contribution >= 4 is 11.6 Å². The molecule has 0 aliphatic heterocycles. The molecule has 4 heteroatoms. The van der Waals surface area contributed by atoms with E-state index in [1.54, 1.807) is 0 Å². The van der Waals surface area contributed by atoms with Crippen LogP contribution < -0.4 is 10.1 Å². The van der Waals surface area contributed by atoms with Crippen LogP contribution in [0.5, 0.6) is 5.75 Å². The molecule has 4 nitrogen and oxygen atoms in total. The molecule has 4 rings (SSSR count). The van der Waals surface area contributed by atoms with Crippen LogP contribution in [0.3, 0.4) is 0 Å². The minimum Gasteiger partial charge on any atom is -0.489 e. The molecule has 0 saturated carbocycles. The topological polar surface area (TPSA) is 43.3 Å². The van der Waals surface area contributed by atoms with Gasteiger partial charge in [-0.05, 0) is 74.0 Å². The molecule has 1 N–H and O–H groups in total. The van der Waals surface area contributed by atoms with Crippen molar-refractivity contribution in [2.24, 2.45) is 0 Å². The first-order valence-corrected chi connectivity index (χ1v) is 9.94. The maximum Gasteiger partial charge on any atom is 0.255 e. The van der Waals surface area contributed by atoms with Gasteiger partial charge in [-0.2, -0.15) is 0 Å². The predicted molar refractivity (Wildman–Crippen MR) is 120 cm³/mol. The van der Waals surface area contributed by atoms with Gasteiger partial charge in [-0.1, -0.05) is 36.4 Å². The van der Waals surface area contributed by atoms with E-state index < -0.39 is 0 Å². The molecule has 0 fully saturated rings. The minimum absolute atomic E-state index is 0.141. The van der Waals surface area contributed by atoms with Gasteiger partial charge in [0.15, 0.2) is 0 Å². The molecule has 0 bridgehead atoms. The second-order valence-corrected chi connectivity index (χ2v) is 7.25. The third kappa shape index (κ3) is 4.44. The molecule has 0 saturated heterocycles. The lowest BCUT2D eigenvalue weighted by Gasteiger charge is -2.12. The number of aromatic nitrogens is 1. The Bertz CT molecular complexity index is 1130. The fraction of sp³-hybridized carbons (Fsp3) is 0.115. The van der Waals surface area contributed by atoms with Gasteiger partial charge in [0.2, 0.25) is 0 Å². The molecule has 0 atom stereocenters. The second kappa shape index (κ2) is 8.70. The molecule has 0 unspecified atom stereocenters. The summed E-state index contributed by atoms with van der Waals surface area (Å²) in [6.07, 6.45) is 0. The van der Waals surface area contributed by atoms with E-state index in [4.69, 9.17) is 4.74 Å². The Balaban J connectivity index is 1.42. The first-order valence-electron chi connectivity index (χ1n) is 9.94. The van der Waals surface area contributed by atoms with Gasteiger partial charge in [0.25, 0.3) is 5.91 Å². The fourth-order valence-corrected chi connectivity index (χ4v) is 3.44. The molecule has 30 heavy (non-hydrogen) atoms. The van der Waals surface area contributed by atoms with Gasteiger partial charge in [0.05, 0.1) is 0 Å². The number of carbonyl (C=O) groups is 1. The molecule has 150 valence electrons. The summed E-state index contributed by atoms with van der Waals surface area (Å²) in [6.45, 7) is 4.62. The molecule has 1 heterocycles. The van der Waals surface area contributed by atoms with E-state index in [1.165, 1.54) is 0 Å². The van der Waals surface area contributed by atoms with Crippen LogP contribution in [-0.4, -0.2) is 10.5 Å². The number of amides is 1. The number of anilines is 1. The van der Waals surface area contributed by atoms with Crippen LogP contribution in [0.25, 0.3) is 5.69 Å². The van der Waals surface area contributed by atoms with Crippen molar-refractivity contribution in [3.63, 3.8) is 0 Å². The lowest BCUT2D eigenvalue weighted by atomic mass is 10.1. The normalized spacial score (nSPS) is 10.6. The zero-order valence-corrected chi connectivity index (χ0v) is 17.1. The predicted octanol–water partition coefficient (Wildman–Crippen LogP) is 5.93. The summed E-state index contributed by atoms with van der Waals surface area (Å²) in [5, 5.41) is 2.96. The molecule has 4 aromatic rings. The minimum atomic E-state index is -0.141. The van der Waals surface area contributed by atoms with E-state index in [9.17, 15) is 4.79 Å². The molecule has 0 aliphatic rings. The summed E-state index contributed by atoms with van der Waals surface area (Å²) in [6, 6.07) is 29.2. The lowest BCUT2D eigenvalue weighted by molar-refractivity contribution is 0.102. The first kappa shape index (κ1) is 19.5. The van der Waals surface area contributed by atoms with Crippen molar-refractivity contribution in [1.82, 2.24) is 4.57 Å². The van der Waals surface area contributed by atoms with Crippen LogP contribution in [0, 0.1) is 13.8 Å². The number of benzene rings is 3. The van der Waals surface area contributed by atoms with Crippen molar-refractivity contribution in [2.45, 2.75) is 20.5 Å². The number of nitrogens with zero attached hydrogens (tertiary/aromatic N) is 1. The highest BCUT2D eigenvalue weighted by Gasteiger charge is 2.10. The Labute approximate surface area is 176 Å². The van der Waals surface area contributed by atoms with Crippen LogP contribution in [0.4, 0.5) is 5.69 Å². The van der Waals surface area contributed by atoms with E-state index in [0.717, 1.165) is 34.1 Å². The SMILES string of the molecule is Cc1ccc(C)n1-c1cccc(C(=O)Nc2ccc(OCc3ccccc3)cc2)c1. The van der Waals surface area contributed by atoms with Crippen molar-refractivity contribution in [2.75, 3.05) is 5.32 Å². The molecular formula is C26H24N2O2. The van der Waals surface area contributed by atoms with E-state index in [1.807, 2.05) is 78.9 Å². The molecule has 1 aromatic heterocycles. The lowest BCUT2D eigenvalue weighted by Crippen LogP contribution is -2.12. The van der Waals surface area contributed by atoms with Crippen LogP contribution in [0.2, 0.25) is 0 Å². The second-order valence-electron chi connectivity index (χ2n) is 7.25. The van der Waals surface area contributed by atoms with E-state index in [0.29, 0.717) is 12.2 Å². The summed E-state index contributed by atoms with van der Waals surface area (Å²) < 4.78 is 7.94. The van der Waals surface area contributed by atoms with Gasteiger partial charge >= 0.3 is 0 Å². The largest absolute Gasteiger partial charge is 0.489 e. The fourth-order valence-electron chi connectivity index (χ4n) is 3.44. The van der Waals surface area contributed by atoms with E-state index >= 15 is 0 Å². The molecule has 0 spiro atoms. The maximum atomic E-state index is 12.7. The summed E-state index contributed by atoms with van der Waals surface area (Å²) >= 11 is 0. The molecule has 3 aromatic carbocycles. The number of carbonyl (C=O) groups excluding carboxylic acids is 1. The highest BCUT2D eigenvalue weighted by Crippen LogP contribution is 2.20. The molecular weight excluding hydrogens is 372 g/mol. The van der Waals surface area contributed by atoms with Gasteiger partial charge in [-0.25, -0.2) is 0 Å². The Morgan fingerprint density at radius 3 is 2.23 bits per heavy atom. The Morgan fingerprint density at radius 2 is 1.53 bits per heavy atom. The van der Waals surface area contributed by atoms with Crippen molar-refractivity contribution in [1.29, 1.82) is 0 Å². The third-order valence-electron chi connectivity index (χ3n) is 5.00. The average Bonchev–Trinajstić information content (AvgIpc) is 3.12. The van der Waals surface area contributed by atoms with Crippen LogP contribution in [0.1, 0.15) is 27.3 Å². The maximum absolute atomic E-state index is 12.7. The van der Waals surface area contributed by atoms with Gasteiger partial charge in [-0.3, -0.25) is 4.79 Å². The Kier molecular flexibility index (Phi) is 5.66. The first-order chi connectivity index (χ1) is 14.6. The number of aryl methyl sites for hydroxylation is 2. The van der Waals surface area contributed by atoms with Crippen molar-refractivity contribution < 1.29 is 9.53 Å². The molecule has 0 radical (unpaired) electrons. The van der Waals surface area contributed by atoms with Crippen LogP contribution >= 0.6 is 0 Å². The summed E-state index contributed by atoms with van der Waals surface area (Å²) in [7, 11) is 0. The average molecular weight is 396 g/mol. The third-order valence-corrected chi connectivity index (χ3v) is 5.00. The number of ether oxygens (including phenoxy) is 1. The number of nitrogens with one attached hydrogen (secondary N) is 1. The highest BCUT2D eigenvalue weighted by molar-refractivity contribution is 6.04.